The second kappa shape index (κ2) is 9.62. The average Bonchev–Trinajstić information content (AvgIpc) is 3.11. The van der Waals surface area contributed by atoms with Crippen molar-refractivity contribution < 1.29 is 36.2 Å². The Hall–Kier alpha value is -2.71. The molecule has 3 heterocycles. The molecule has 0 bridgehead atoms. The van der Waals surface area contributed by atoms with Crippen molar-refractivity contribution in [1.29, 1.82) is 0 Å². The highest BCUT2D eigenvalue weighted by Gasteiger charge is 2.38. The van der Waals surface area contributed by atoms with Crippen LogP contribution in [0.2, 0.25) is 0 Å². The van der Waals surface area contributed by atoms with Crippen molar-refractivity contribution in [3.05, 3.63) is 42.2 Å². The van der Waals surface area contributed by atoms with E-state index in [1.54, 1.807) is 18.6 Å². The molecule has 2 aromatic heterocycles. The Balaban J connectivity index is 0.000000423. The van der Waals surface area contributed by atoms with Gasteiger partial charge in [-0.2, -0.15) is 30.2 Å². The molecule has 14 heteroatoms. The molecule has 2 aromatic rings. The van der Waals surface area contributed by atoms with Gasteiger partial charge < -0.3 is 14.4 Å². The van der Waals surface area contributed by atoms with E-state index in [1.165, 1.54) is 22.7 Å². The number of imidazole rings is 1. The van der Waals surface area contributed by atoms with E-state index in [1.807, 2.05) is 23.6 Å². The van der Waals surface area contributed by atoms with Crippen molar-refractivity contribution in [2.45, 2.75) is 32.3 Å². The lowest BCUT2D eigenvalue weighted by Gasteiger charge is -2.34. The van der Waals surface area contributed by atoms with Gasteiger partial charge in [-0.1, -0.05) is 0 Å². The quantitative estimate of drug-likeness (QED) is 0.714. The fourth-order valence-corrected chi connectivity index (χ4v) is 4.00. The Morgan fingerprint density at radius 2 is 1.97 bits per heavy atom. The normalized spacial score (nSPS) is 16.9. The van der Waals surface area contributed by atoms with Gasteiger partial charge in [0, 0.05) is 33.4 Å². The molecule has 0 fully saturated rings. The van der Waals surface area contributed by atoms with Gasteiger partial charge in [-0.3, -0.25) is 4.98 Å². The van der Waals surface area contributed by atoms with Crippen LogP contribution in [0.25, 0.3) is 0 Å². The molecule has 0 saturated heterocycles. The number of nitrogens with zero attached hydrogens (tertiary/aromatic N) is 5. The maximum absolute atomic E-state index is 12.4. The van der Waals surface area contributed by atoms with Crippen molar-refractivity contribution >= 4 is 16.2 Å². The largest absolute Gasteiger partial charge is 0.490 e. The molecule has 0 spiro atoms. The summed E-state index contributed by atoms with van der Waals surface area (Å²) in [6.07, 6.45) is 0.00445. The molecular formula is C17H22F3N5O5S. The molecule has 0 aromatic carbocycles. The second-order valence-corrected chi connectivity index (χ2v) is 8.71. The molecule has 31 heavy (non-hydrogen) atoms. The van der Waals surface area contributed by atoms with Crippen LogP contribution in [0.3, 0.4) is 0 Å². The fourth-order valence-electron chi connectivity index (χ4n) is 2.77. The molecule has 0 amide bonds. The van der Waals surface area contributed by atoms with Gasteiger partial charge in [0.1, 0.15) is 18.2 Å². The third kappa shape index (κ3) is 5.92. The number of aliphatic carboxylic acids is 1. The van der Waals surface area contributed by atoms with E-state index in [2.05, 4.69) is 9.97 Å². The van der Waals surface area contributed by atoms with Crippen LogP contribution in [0.1, 0.15) is 24.5 Å². The molecule has 0 aliphatic carbocycles. The first-order valence-electron chi connectivity index (χ1n) is 8.92. The van der Waals surface area contributed by atoms with Crippen LogP contribution in [0.5, 0.6) is 5.75 Å². The maximum Gasteiger partial charge on any atom is 0.490 e. The predicted molar refractivity (Wildman–Crippen MR) is 102 cm³/mol. The lowest BCUT2D eigenvalue weighted by atomic mass is 10.2. The van der Waals surface area contributed by atoms with E-state index in [0.717, 1.165) is 11.5 Å². The maximum atomic E-state index is 12.4. The number of pyridine rings is 1. The minimum absolute atomic E-state index is 0.321. The Kier molecular flexibility index (Phi) is 7.62. The summed E-state index contributed by atoms with van der Waals surface area (Å²) in [4.78, 5) is 17.3. The van der Waals surface area contributed by atoms with Crippen LogP contribution in [0, 0.1) is 0 Å². The third-order valence-corrected chi connectivity index (χ3v) is 6.35. The number of carbonyl (C=O) groups is 1. The van der Waals surface area contributed by atoms with E-state index in [4.69, 9.17) is 14.6 Å². The summed E-state index contributed by atoms with van der Waals surface area (Å²) >= 11 is 0. The van der Waals surface area contributed by atoms with Gasteiger partial charge >= 0.3 is 12.1 Å². The summed E-state index contributed by atoms with van der Waals surface area (Å²) in [5.41, 5.74) is 0.919. The number of rotatable bonds is 5. The van der Waals surface area contributed by atoms with Gasteiger partial charge in [-0.25, -0.2) is 9.78 Å². The van der Waals surface area contributed by atoms with Gasteiger partial charge in [0.05, 0.1) is 24.1 Å². The van der Waals surface area contributed by atoms with Crippen molar-refractivity contribution in [3.8, 4) is 5.75 Å². The number of hydrogen-bond acceptors (Lipinski definition) is 6. The smallest absolute Gasteiger partial charge is 0.486 e. The number of fused-ring (bicyclic) bond motifs is 1. The number of ether oxygens (including phenoxy) is 1. The van der Waals surface area contributed by atoms with E-state index in [0.29, 0.717) is 25.4 Å². The Labute approximate surface area is 177 Å². The van der Waals surface area contributed by atoms with Gasteiger partial charge in [0.2, 0.25) is 0 Å². The van der Waals surface area contributed by atoms with Crippen LogP contribution in [0.4, 0.5) is 13.2 Å². The van der Waals surface area contributed by atoms with Crippen LogP contribution in [-0.2, 0) is 28.2 Å². The lowest BCUT2D eigenvalue weighted by Crippen LogP contribution is -2.46. The van der Waals surface area contributed by atoms with Crippen LogP contribution in [-0.4, -0.2) is 69.5 Å². The number of hydrogen-bond donors (Lipinski definition) is 1. The standard InChI is InChI=1S/C15H21N5O3S.C2HF3O2/c1-12-15-17-9-13(11-23-14-5-4-6-16-10-14)19(15)7-8-20(12)24(21,22)18(2)3;3-2(4,5)1(6)7/h4-6,9-10,12H,7-8,11H2,1-3H3;(H,6,7). The van der Waals surface area contributed by atoms with Crippen molar-refractivity contribution in [2.24, 2.45) is 0 Å². The summed E-state index contributed by atoms with van der Waals surface area (Å²) in [5, 5.41) is 7.12. The molecule has 10 nitrogen and oxygen atoms in total. The van der Waals surface area contributed by atoms with Gasteiger partial charge in [0.15, 0.2) is 0 Å². The predicted octanol–water partition coefficient (Wildman–Crippen LogP) is 1.67. The Morgan fingerprint density at radius 1 is 1.32 bits per heavy atom. The van der Waals surface area contributed by atoms with E-state index < -0.39 is 22.4 Å². The lowest BCUT2D eigenvalue weighted by molar-refractivity contribution is -0.192. The molecule has 0 radical (unpaired) electrons. The van der Waals surface area contributed by atoms with Crippen LogP contribution >= 0.6 is 0 Å². The second-order valence-electron chi connectivity index (χ2n) is 6.62. The van der Waals surface area contributed by atoms with Crippen LogP contribution in [0.15, 0.2) is 30.7 Å². The molecular weight excluding hydrogens is 443 g/mol. The molecule has 1 N–H and O–H groups in total. The molecule has 0 saturated carbocycles. The highest BCUT2D eigenvalue weighted by Crippen LogP contribution is 2.28. The third-order valence-electron chi connectivity index (χ3n) is 4.34. The first-order chi connectivity index (χ1) is 14.4. The Morgan fingerprint density at radius 3 is 2.48 bits per heavy atom. The molecule has 172 valence electrons. The first-order valence-corrected chi connectivity index (χ1v) is 10.3. The molecule has 1 atom stereocenters. The van der Waals surface area contributed by atoms with E-state index in [9.17, 15) is 21.6 Å². The molecule has 1 unspecified atom stereocenters. The Bertz CT molecular complexity index is 995. The van der Waals surface area contributed by atoms with Gasteiger partial charge in [-0.15, -0.1) is 0 Å². The number of aromatic nitrogens is 3. The summed E-state index contributed by atoms with van der Waals surface area (Å²) in [6, 6.07) is 3.33. The number of halogens is 3. The number of alkyl halides is 3. The van der Waals surface area contributed by atoms with Gasteiger partial charge in [-0.05, 0) is 19.1 Å². The highest BCUT2D eigenvalue weighted by atomic mass is 32.2. The topological polar surface area (TPSA) is 118 Å². The SMILES string of the molecule is CC1c2ncc(COc3cccnc3)n2CCN1S(=O)(=O)N(C)C.O=C(O)C(F)(F)F. The highest BCUT2D eigenvalue weighted by molar-refractivity contribution is 7.86. The number of carboxylic acids is 1. The summed E-state index contributed by atoms with van der Waals surface area (Å²) < 4.78 is 67.0. The van der Waals surface area contributed by atoms with Crippen molar-refractivity contribution in [3.63, 3.8) is 0 Å². The minimum atomic E-state index is -5.08. The van der Waals surface area contributed by atoms with E-state index >= 15 is 0 Å². The van der Waals surface area contributed by atoms with E-state index in [-0.39, 0.29) is 6.04 Å². The fraction of sp³-hybridized carbons (Fsp3) is 0.471. The summed E-state index contributed by atoms with van der Waals surface area (Å²) in [5.74, 6) is -1.34. The zero-order valence-electron chi connectivity index (χ0n) is 16.9. The average molecular weight is 465 g/mol. The minimum Gasteiger partial charge on any atom is -0.486 e. The molecule has 1 aliphatic rings. The summed E-state index contributed by atoms with van der Waals surface area (Å²) in [6.45, 7) is 3.18. The van der Waals surface area contributed by atoms with Crippen molar-refractivity contribution in [2.75, 3.05) is 20.6 Å². The first kappa shape index (κ1) is 24.6. The van der Waals surface area contributed by atoms with Crippen molar-refractivity contribution in [1.82, 2.24) is 23.1 Å². The van der Waals surface area contributed by atoms with Gasteiger partial charge in [0.25, 0.3) is 10.2 Å². The summed E-state index contributed by atoms with van der Waals surface area (Å²) in [7, 11) is -0.388. The number of carboxylic acid groups (broad SMARTS) is 1. The zero-order chi connectivity index (χ0) is 23.4. The molecule has 3 rings (SSSR count). The zero-order valence-corrected chi connectivity index (χ0v) is 17.8. The molecule has 1 aliphatic heterocycles. The monoisotopic (exact) mass is 465 g/mol. The van der Waals surface area contributed by atoms with Crippen LogP contribution < -0.4 is 4.74 Å².